The molecule has 0 aromatic rings. The summed E-state index contributed by atoms with van der Waals surface area (Å²) in [5.41, 5.74) is -0.344. The Balaban J connectivity index is 1.89. The Bertz CT molecular complexity index is 457. The van der Waals surface area contributed by atoms with Crippen LogP contribution >= 0.6 is 0 Å². The minimum Gasteiger partial charge on any atom is -0.372 e. The fraction of sp³-hybridized carbons (Fsp3) is 0.889. The van der Waals surface area contributed by atoms with E-state index in [1.807, 2.05) is 51.3 Å². The van der Waals surface area contributed by atoms with Crippen molar-refractivity contribution in [2.75, 3.05) is 39.3 Å². The molecule has 3 unspecified atom stereocenters. The maximum atomic E-state index is 12.8. The standard InChI is InChI=1S/C18H33N3O3/c1-13-11-21(12-14(2)24-13)16(22)15(3)19-7-9-20(10-8-19)17(23)18(4,5)6/h13-15H,7-12H2,1-6H3. The zero-order chi connectivity index (χ0) is 18.1. The molecule has 2 saturated heterocycles. The van der Waals surface area contributed by atoms with E-state index in [0.29, 0.717) is 26.2 Å². The molecule has 0 saturated carbocycles. The van der Waals surface area contributed by atoms with Gasteiger partial charge in [-0.2, -0.15) is 0 Å². The first-order chi connectivity index (χ1) is 11.1. The molecule has 2 aliphatic rings. The van der Waals surface area contributed by atoms with Crippen LogP contribution in [-0.2, 0) is 14.3 Å². The maximum absolute atomic E-state index is 12.8. The van der Waals surface area contributed by atoms with E-state index in [9.17, 15) is 9.59 Å². The van der Waals surface area contributed by atoms with Crippen molar-refractivity contribution in [3.8, 4) is 0 Å². The highest BCUT2D eigenvalue weighted by molar-refractivity contribution is 5.82. The third-order valence-electron chi connectivity index (χ3n) is 4.88. The first kappa shape index (κ1) is 19.2. The summed E-state index contributed by atoms with van der Waals surface area (Å²) in [6.07, 6.45) is 0.178. The molecule has 138 valence electrons. The number of morpholine rings is 1. The summed E-state index contributed by atoms with van der Waals surface area (Å²) in [5, 5.41) is 0. The second kappa shape index (κ2) is 7.40. The Kier molecular flexibility index (Phi) is 5.91. The quantitative estimate of drug-likeness (QED) is 0.759. The average molecular weight is 339 g/mol. The molecule has 6 nitrogen and oxygen atoms in total. The first-order valence-corrected chi connectivity index (χ1v) is 9.07. The smallest absolute Gasteiger partial charge is 0.239 e. The van der Waals surface area contributed by atoms with Gasteiger partial charge in [0.2, 0.25) is 11.8 Å². The zero-order valence-corrected chi connectivity index (χ0v) is 16.0. The minimum absolute atomic E-state index is 0.0890. The molecular weight excluding hydrogens is 306 g/mol. The Morgan fingerprint density at radius 2 is 1.46 bits per heavy atom. The van der Waals surface area contributed by atoms with Gasteiger partial charge in [-0.05, 0) is 20.8 Å². The van der Waals surface area contributed by atoms with Gasteiger partial charge >= 0.3 is 0 Å². The Morgan fingerprint density at radius 1 is 0.958 bits per heavy atom. The molecule has 2 heterocycles. The van der Waals surface area contributed by atoms with E-state index >= 15 is 0 Å². The van der Waals surface area contributed by atoms with Gasteiger partial charge in [0.25, 0.3) is 0 Å². The molecule has 0 spiro atoms. The summed E-state index contributed by atoms with van der Waals surface area (Å²) < 4.78 is 5.71. The summed E-state index contributed by atoms with van der Waals surface area (Å²) in [6.45, 7) is 16.1. The topological polar surface area (TPSA) is 53.1 Å². The molecular formula is C18H33N3O3. The van der Waals surface area contributed by atoms with Crippen molar-refractivity contribution < 1.29 is 14.3 Å². The number of carbonyl (C=O) groups excluding carboxylic acids is 2. The lowest BCUT2D eigenvalue weighted by Crippen LogP contribution is -2.58. The summed E-state index contributed by atoms with van der Waals surface area (Å²) in [4.78, 5) is 31.2. The predicted molar refractivity (Wildman–Crippen MR) is 93.7 cm³/mol. The molecule has 0 aliphatic carbocycles. The van der Waals surface area contributed by atoms with Crippen LogP contribution in [0.4, 0.5) is 0 Å². The Labute approximate surface area is 146 Å². The fourth-order valence-electron chi connectivity index (χ4n) is 3.56. The van der Waals surface area contributed by atoms with Gasteiger partial charge in [0, 0.05) is 44.7 Å². The van der Waals surface area contributed by atoms with Crippen LogP contribution < -0.4 is 0 Å². The van der Waals surface area contributed by atoms with Crippen molar-refractivity contribution in [3.63, 3.8) is 0 Å². The van der Waals surface area contributed by atoms with E-state index < -0.39 is 0 Å². The highest BCUT2D eigenvalue weighted by Gasteiger charge is 2.35. The third-order valence-corrected chi connectivity index (χ3v) is 4.88. The normalized spacial score (nSPS) is 27.9. The lowest BCUT2D eigenvalue weighted by molar-refractivity contribution is -0.150. The SMILES string of the molecule is CC1CN(C(=O)C(C)N2CCN(C(=O)C(C)(C)C)CC2)CC(C)O1. The molecule has 0 radical (unpaired) electrons. The van der Waals surface area contributed by atoms with Gasteiger partial charge in [-0.1, -0.05) is 20.8 Å². The number of amides is 2. The largest absolute Gasteiger partial charge is 0.372 e. The molecule has 0 aromatic heterocycles. The average Bonchev–Trinajstić information content (AvgIpc) is 2.51. The summed E-state index contributed by atoms with van der Waals surface area (Å²) in [5.74, 6) is 0.365. The molecule has 2 fully saturated rings. The molecule has 2 rings (SSSR count). The number of carbonyl (C=O) groups is 2. The molecule has 0 N–H and O–H groups in total. The summed E-state index contributed by atoms with van der Waals surface area (Å²) in [6, 6.07) is -0.144. The lowest BCUT2D eigenvalue weighted by Gasteiger charge is -2.42. The monoisotopic (exact) mass is 339 g/mol. The number of ether oxygens (including phenoxy) is 1. The van der Waals surface area contributed by atoms with Crippen molar-refractivity contribution in [2.45, 2.75) is 59.8 Å². The van der Waals surface area contributed by atoms with Gasteiger partial charge in [0.15, 0.2) is 0 Å². The second-order valence-electron chi connectivity index (χ2n) is 8.25. The molecule has 6 heteroatoms. The number of nitrogens with zero attached hydrogens (tertiary/aromatic N) is 3. The van der Waals surface area contributed by atoms with Gasteiger partial charge in [-0.15, -0.1) is 0 Å². The van der Waals surface area contributed by atoms with Crippen LogP contribution in [0.15, 0.2) is 0 Å². The van der Waals surface area contributed by atoms with E-state index in [1.54, 1.807) is 0 Å². The van der Waals surface area contributed by atoms with Crippen LogP contribution in [-0.4, -0.2) is 84.0 Å². The predicted octanol–water partition coefficient (Wildman–Crippen LogP) is 1.20. The van der Waals surface area contributed by atoms with E-state index in [4.69, 9.17) is 4.74 Å². The van der Waals surface area contributed by atoms with Gasteiger partial charge < -0.3 is 14.5 Å². The van der Waals surface area contributed by atoms with Gasteiger partial charge in [-0.3, -0.25) is 14.5 Å². The minimum atomic E-state index is -0.344. The second-order valence-corrected chi connectivity index (χ2v) is 8.25. The summed E-state index contributed by atoms with van der Waals surface area (Å²) >= 11 is 0. The van der Waals surface area contributed by atoms with Gasteiger partial charge in [0.1, 0.15) is 0 Å². The third kappa shape index (κ3) is 4.48. The zero-order valence-electron chi connectivity index (χ0n) is 16.0. The number of hydrogen-bond donors (Lipinski definition) is 0. The molecule has 24 heavy (non-hydrogen) atoms. The van der Waals surface area contributed by atoms with Gasteiger partial charge in [-0.25, -0.2) is 0 Å². The highest BCUT2D eigenvalue weighted by atomic mass is 16.5. The van der Waals surface area contributed by atoms with Crippen molar-refractivity contribution in [1.29, 1.82) is 0 Å². The van der Waals surface area contributed by atoms with Crippen LogP contribution in [0.5, 0.6) is 0 Å². The number of piperazine rings is 1. The Hall–Kier alpha value is -1.14. The van der Waals surface area contributed by atoms with E-state index in [1.165, 1.54) is 0 Å². The van der Waals surface area contributed by atoms with E-state index in [0.717, 1.165) is 13.1 Å². The molecule has 3 atom stereocenters. The lowest BCUT2D eigenvalue weighted by atomic mass is 9.94. The van der Waals surface area contributed by atoms with Gasteiger partial charge in [0.05, 0.1) is 18.2 Å². The van der Waals surface area contributed by atoms with Crippen molar-refractivity contribution in [1.82, 2.24) is 14.7 Å². The van der Waals surface area contributed by atoms with Crippen LogP contribution in [0.1, 0.15) is 41.5 Å². The van der Waals surface area contributed by atoms with Crippen molar-refractivity contribution in [2.24, 2.45) is 5.41 Å². The van der Waals surface area contributed by atoms with Crippen LogP contribution in [0.25, 0.3) is 0 Å². The van der Waals surface area contributed by atoms with Crippen LogP contribution in [0.3, 0.4) is 0 Å². The molecule has 0 aromatic carbocycles. The maximum Gasteiger partial charge on any atom is 0.239 e. The Morgan fingerprint density at radius 3 is 1.92 bits per heavy atom. The highest BCUT2D eigenvalue weighted by Crippen LogP contribution is 2.20. The van der Waals surface area contributed by atoms with Crippen LogP contribution in [0.2, 0.25) is 0 Å². The van der Waals surface area contributed by atoms with E-state index in [2.05, 4.69) is 4.90 Å². The number of rotatable bonds is 2. The van der Waals surface area contributed by atoms with Crippen molar-refractivity contribution >= 4 is 11.8 Å². The summed E-state index contributed by atoms with van der Waals surface area (Å²) in [7, 11) is 0. The first-order valence-electron chi connectivity index (χ1n) is 9.07. The molecule has 0 bridgehead atoms. The van der Waals surface area contributed by atoms with E-state index in [-0.39, 0.29) is 35.5 Å². The molecule has 2 amide bonds. The molecule has 2 aliphatic heterocycles. The van der Waals surface area contributed by atoms with Crippen molar-refractivity contribution in [3.05, 3.63) is 0 Å². The number of hydrogen-bond acceptors (Lipinski definition) is 4. The van der Waals surface area contributed by atoms with Crippen LogP contribution in [0, 0.1) is 5.41 Å². The fourth-order valence-corrected chi connectivity index (χ4v) is 3.56.